The van der Waals surface area contributed by atoms with Gasteiger partial charge in [0.1, 0.15) is 17.3 Å². The highest BCUT2D eigenvalue weighted by molar-refractivity contribution is 7.99. The Labute approximate surface area is 183 Å². The molecule has 1 aromatic heterocycles. The van der Waals surface area contributed by atoms with E-state index in [1.54, 1.807) is 31.2 Å². The molecule has 0 radical (unpaired) electrons. The third-order valence-corrected chi connectivity index (χ3v) is 5.36. The SMILES string of the molecule is COc1ccc(-n2c(C)nnc2SCC(=O)N(C)Cc2ccc(OC(F)F)cc2)cc1. The fraction of sp³-hybridized carbons (Fsp3) is 0.286. The first-order chi connectivity index (χ1) is 14.9. The number of alkyl halides is 2. The quantitative estimate of drug-likeness (QED) is 0.462. The second kappa shape index (κ2) is 10.3. The minimum atomic E-state index is -2.87. The molecule has 31 heavy (non-hydrogen) atoms. The number of carbonyl (C=O) groups is 1. The summed E-state index contributed by atoms with van der Waals surface area (Å²) in [7, 11) is 3.29. The first-order valence-electron chi connectivity index (χ1n) is 9.34. The Morgan fingerprint density at radius 3 is 2.35 bits per heavy atom. The van der Waals surface area contributed by atoms with Crippen LogP contribution in [0.2, 0.25) is 0 Å². The van der Waals surface area contributed by atoms with Crippen LogP contribution in [0.5, 0.6) is 11.5 Å². The van der Waals surface area contributed by atoms with Crippen LogP contribution in [-0.2, 0) is 11.3 Å². The van der Waals surface area contributed by atoms with E-state index in [1.165, 1.54) is 23.9 Å². The van der Waals surface area contributed by atoms with Gasteiger partial charge >= 0.3 is 6.61 Å². The molecule has 2 aromatic carbocycles. The topological polar surface area (TPSA) is 69.5 Å². The lowest BCUT2D eigenvalue weighted by Gasteiger charge is -2.17. The van der Waals surface area contributed by atoms with Crippen LogP contribution in [0.15, 0.2) is 53.7 Å². The van der Waals surface area contributed by atoms with E-state index in [4.69, 9.17) is 4.74 Å². The predicted molar refractivity (Wildman–Crippen MR) is 113 cm³/mol. The van der Waals surface area contributed by atoms with Gasteiger partial charge < -0.3 is 14.4 Å². The normalized spacial score (nSPS) is 10.9. The minimum absolute atomic E-state index is 0.0801. The Morgan fingerprint density at radius 1 is 1.10 bits per heavy atom. The second-order valence-corrected chi connectivity index (χ2v) is 7.57. The van der Waals surface area contributed by atoms with Gasteiger partial charge in [-0.15, -0.1) is 10.2 Å². The van der Waals surface area contributed by atoms with Gasteiger partial charge in [0.2, 0.25) is 5.91 Å². The summed E-state index contributed by atoms with van der Waals surface area (Å²) in [6.45, 7) is -0.675. The summed E-state index contributed by atoms with van der Waals surface area (Å²) in [4.78, 5) is 14.1. The van der Waals surface area contributed by atoms with Crippen LogP contribution < -0.4 is 9.47 Å². The van der Waals surface area contributed by atoms with Crippen molar-refractivity contribution in [1.82, 2.24) is 19.7 Å². The van der Waals surface area contributed by atoms with E-state index in [2.05, 4.69) is 14.9 Å². The van der Waals surface area contributed by atoms with Crippen LogP contribution in [0.4, 0.5) is 8.78 Å². The Hall–Kier alpha value is -3.14. The van der Waals surface area contributed by atoms with Crippen LogP contribution in [0.3, 0.4) is 0 Å². The van der Waals surface area contributed by atoms with Crippen molar-refractivity contribution in [3.63, 3.8) is 0 Å². The molecule has 7 nitrogen and oxygen atoms in total. The number of nitrogens with zero attached hydrogens (tertiary/aromatic N) is 4. The summed E-state index contributed by atoms with van der Waals surface area (Å²) in [6.07, 6.45) is 0. The van der Waals surface area contributed by atoms with Crippen LogP contribution in [0.1, 0.15) is 11.4 Å². The molecule has 0 aliphatic heterocycles. The molecule has 3 rings (SSSR count). The number of benzene rings is 2. The fourth-order valence-corrected chi connectivity index (χ4v) is 3.78. The van der Waals surface area contributed by atoms with Gasteiger partial charge in [-0.25, -0.2) is 0 Å². The summed E-state index contributed by atoms with van der Waals surface area (Å²) < 4.78 is 35.9. The lowest BCUT2D eigenvalue weighted by Crippen LogP contribution is -2.27. The molecule has 0 spiro atoms. The number of halogens is 2. The number of thioether (sulfide) groups is 1. The molecule has 0 aliphatic carbocycles. The molecule has 0 bridgehead atoms. The molecule has 0 atom stereocenters. The zero-order valence-corrected chi connectivity index (χ0v) is 18.1. The van der Waals surface area contributed by atoms with Gasteiger partial charge in [-0.3, -0.25) is 9.36 Å². The minimum Gasteiger partial charge on any atom is -0.497 e. The average molecular weight is 448 g/mol. The van der Waals surface area contributed by atoms with Crippen molar-refractivity contribution in [3.05, 3.63) is 59.9 Å². The van der Waals surface area contributed by atoms with E-state index >= 15 is 0 Å². The molecule has 1 heterocycles. The van der Waals surface area contributed by atoms with Crippen molar-refractivity contribution >= 4 is 17.7 Å². The second-order valence-electron chi connectivity index (χ2n) is 6.62. The Morgan fingerprint density at radius 2 is 1.74 bits per heavy atom. The number of ether oxygens (including phenoxy) is 2. The number of carbonyl (C=O) groups excluding carboxylic acids is 1. The third kappa shape index (κ3) is 5.94. The van der Waals surface area contributed by atoms with E-state index in [1.807, 2.05) is 35.8 Å². The molecule has 0 aliphatic rings. The number of hydrogen-bond donors (Lipinski definition) is 0. The molecule has 0 saturated heterocycles. The monoisotopic (exact) mass is 448 g/mol. The molecule has 0 N–H and O–H groups in total. The molecule has 3 aromatic rings. The summed E-state index contributed by atoms with van der Waals surface area (Å²) in [5.74, 6) is 1.61. The van der Waals surface area contributed by atoms with Gasteiger partial charge in [-0.2, -0.15) is 8.78 Å². The van der Waals surface area contributed by atoms with E-state index in [0.717, 1.165) is 17.0 Å². The van der Waals surface area contributed by atoms with Crippen molar-refractivity contribution in [2.45, 2.75) is 25.2 Å². The summed E-state index contributed by atoms with van der Waals surface area (Å²) >= 11 is 1.29. The Kier molecular flexibility index (Phi) is 7.45. The zero-order valence-electron chi connectivity index (χ0n) is 17.3. The largest absolute Gasteiger partial charge is 0.497 e. The van der Waals surface area contributed by atoms with E-state index in [9.17, 15) is 13.6 Å². The van der Waals surface area contributed by atoms with Gasteiger partial charge in [-0.05, 0) is 48.9 Å². The number of aromatic nitrogens is 3. The lowest BCUT2D eigenvalue weighted by atomic mass is 10.2. The fourth-order valence-electron chi connectivity index (χ4n) is 2.84. The number of aryl methyl sites for hydroxylation is 1. The predicted octanol–water partition coefficient (Wildman–Crippen LogP) is 3.94. The van der Waals surface area contributed by atoms with Gasteiger partial charge in [0.25, 0.3) is 0 Å². The van der Waals surface area contributed by atoms with E-state index < -0.39 is 6.61 Å². The zero-order chi connectivity index (χ0) is 22.4. The highest BCUT2D eigenvalue weighted by Crippen LogP contribution is 2.24. The maximum atomic E-state index is 12.6. The van der Waals surface area contributed by atoms with E-state index in [-0.39, 0.29) is 17.4 Å². The van der Waals surface area contributed by atoms with Crippen LogP contribution in [-0.4, -0.2) is 52.1 Å². The molecule has 164 valence electrons. The number of rotatable bonds is 9. The summed E-state index contributed by atoms with van der Waals surface area (Å²) in [5, 5.41) is 8.92. The summed E-state index contributed by atoms with van der Waals surface area (Å²) in [6, 6.07) is 13.7. The highest BCUT2D eigenvalue weighted by Gasteiger charge is 2.16. The van der Waals surface area contributed by atoms with Crippen molar-refractivity contribution in [1.29, 1.82) is 0 Å². The van der Waals surface area contributed by atoms with Crippen molar-refractivity contribution < 1.29 is 23.0 Å². The molecule has 0 fully saturated rings. The average Bonchev–Trinajstić information content (AvgIpc) is 3.13. The van der Waals surface area contributed by atoms with Gasteiger partial charge in [0.15, 0.2) is 5.16 Å². The van der Waals surface area contributed by atoms with Crippen LogP contribution >= 0.6 is 11.8 Å². The number of methoxy groups -OCH3 is 1. The Balaban J connectivity index is 1.60. The molecule has 0 saturated carbocycles. The molecular formula is C21H22F2N4O3S. The van der Waals surface area contributed by atoms with Crippen molar-refractivity contribution in [2.24, 2.45) is 0 Å². The Bertz CT molecular complexity index is 1010. The van der Waals surface area contributed by atoms with Crippen LogP contribution in [0, 0.1) is 6.92 Å². The molecular weight excluding hydrogens is 426 g/mol. The van der Waals surface area contributed by atoms with Crippen molar-refractivity contribution in [2.75, 3.05) is 19.9 Å². The first-order valence-corrected chi connectivity index (χ1v) is 10.3. The van der Waals surface area contributed by atoms with Crippen molar-refractivity contribution in [3.8, 4) is 17.2 Å². The number of amides is 1. The smallest absolute Gasteiger partial charge is 0.387 e. The van der Waals surface area contributed by atoms with Crippen LogP contribution in [0.25, 0.3) is 5.69 Å². The maximum Gasteiger partial charge on any atom is 0.387 e. The first kappa shape index (κ1) is 22.5. The number of hydrogen-bond acceptors (Lipinski definition) is 6. The van der Waals surface area contributed by atoms with E-state index in [0.29, 0.717) is 17.5 Å². The maximum absolute atomic E-state index is 12.6. The molecule has 0 unspecified atom stereocenters. The lowest BCUT2D eigenvalue weighted by molar-refractivity contribution is -0.127. The highest BCUT2D eigenvalue weighted by atomic mass is 32.2. The van der Waals surface area contributed by atoms with Gasteiger partial charge in [0, 0.05) is 19.3 Å². The molecule has 10 heteroatoms. The molecule has 1 amide bonds. The standard InChI is InChI=1S/C21H22F2N4O3S/c1-14-24-25-21(27(14)16-6-10-17(29-3)11-7-16)31-13-19(28)26(2)12-15-4-8-18(9-5-15)30-20(22)23/h4-11,20H,12-13H2,1-3H3. The van der Waals surface area contributed by atoms with Gasteiger partial charge in [0.05, 0.1) is 12.9 Å². The van der Waals surface area contributed by atoms with Gasteiger partial charge in [-0.1, -0.05) is 23.9 Å². The third-order valence-electron chi connectivity index (χ3n) is 4.44. The summed E-state index contributed by atoms with van der Waals surface area (Å²) in [5.41, 5.74) is 1.68.